The number of terminal acetylenes is 1. The fraction of sp³-hybridized carbons (Fsp3) is 0.471. The molecule has 1 rings (SSSR count). The van der Waals surface area contributed by atoms with Crippen LogP contribution < -0.4 is 10.6 Å². The van der Waals surface area contributed by atoms with Crippen LogP contribution in [0.3, 0.4) is 0 Å². The first-order valence-electron chi connectivity index (χ1n) is 7.54. The molecule has 0 saturated carbocycles. The van der Waals surface area contributed by atoms with Crippen molar-refractivity contribution in [2.45, 2.75) is 19.9 Å². The summed E-state index contributed by atoms with van der Waals surface area (Å²) in [5, 5.41) is 7.17. The second kappa shape index (κ2) is 12.5. The Bertz CT molecular complexity index is 524. The molecule has 0 radical (unpaired) electrons. The Labute approximate surface area is 162 Å². The third-order valence-corrected chi connectivity index (χ3v) is 3.91. The lowest BCUT2D eigenvalue weighted by Gasteiger charge is -2.31. The molecule has 128 valence electrons. The van der Waals surface area contributed by atoms with Gasteiger partial charge in [0, 0.05) is 18.6 Å². The molecule has 1 unspecified atom stereocenters. The number of nitrogens with zero attached hydrogens (tertiary/aromatic N) is 2. The van der Waals surface area contributed by atoms with E-state index in [4.69, 9.17) is 18.0 Å². The molecule has 0 aromatic heterocycles. The molecule has 2 N–H and O–H groups in total. The maximum atomic E-state index is 6.38. The van der Waals surface area contributed by atoms with Crippen LogP contribution in [0, 0.1) is 12.3 Å². The average Bonchev–Trinajstić information content (AvgIpc) is 2.55. The van der Waals surface area contributed by atoms with E-state index in [0.29, 0.717) is 19.0 Å². The van der Waals surface area contributed by atoms with Gasteiger partial charge < -0.3 is 10.6 Å². The summed E-state index contributed by atoms with van der Waals surface area (Å²) in [6, 6.07) is 8.14. The Morgan fingerprint density at radius 1 is 1.30 bits per heavy atom. The van der Waals surface area contributed by atoms with Crippen LogP contribution in [-0.4, -0.2) is 44.1 Å². The number of guanidine groups is 1. The zero-order valence-electron chi connectivity index (χ0n) is 14.0. The summed E-state index contributed by atoms with van der Waals surface area (Å²) in [5.74, 6) is 3.24. The largest absolute Gasteiger partial charge is 0.354 e. The van der Waals surface area contributed by atoms with Crippen LogP contribution in [0.1, 0.15) is 25.5 Å². The first-order valence-corrected chi connectivity index (χ1v) is 7.92. The van der Waals surface area contributed by atoms with Gasteiger partial charge in [-0.1, -0.05) is 49.6 Å². The van der Waals surface area contributed by atoms with E-state index in [1.54, 1.807) is 7.05 Å². The third kappa shape index (κ3) is 6.98. The fourth-order valence-electron chi connectivity index (χ4n) is 2.39. The lowest BCUT2D eigenvalue weighted by molar-refractivity contribution is 0.219. The second-order valence-electron chi connectivity index (χ2n) is 4.77. The maximum Gasteiger partial charge on any atom is 0.191 e. The van der Waals surface area contributed by atoms with E-state index in [2.05, 4.69) is 46.4 Å². The van der Waals surface area contributed by atoms with Crippen molar-refractivity contribution in [1.82, 2.24) is 15.5 Å². The molecule has 4 nitrogen and oxygen atoms in total. The summed E-state index contributed by atoms with van der Waals surface area (Å²) in [5.41, 5.74) is 1.12. The van der Waals surface area contributed by atoms with Crippen LogP contribution >= 0.6 is 35.6 Å². The molecule has 0 spiro atoms. The number of nitrogens with one attached hydrogen (secondary N) is 2. The number of halogens is 2. The molecule has 0 bridgehead atoms. The summed E-state index contributed by atoms with van der Waals surface area (Å²) in [4.78, 5) is 6.54. The molecular weight excluding hydrogens is 423 g/mol. The third-order valence-electron chi connectivity index (χ3n) is 3.56. The van der Waals surface area contributed by atoms with Gasteiger partial charge in [-0.15, -0.1) is 30.4 Å². The van der Waals surface area contributed by atoms with E-state index in [-0.39, 0.29) is 30.0 Å². The minimum absolute atomic E-state index is 0. The van der Waals surface area contributed by atoms with Crippen LogP contribution in [0.5, 0.6) is 0 Å². The highest BCUT2D eigenvalue weighted by molar-refractivity contribution is 14.0. The van der Waals surface area contributed by atoms with Gasteiger partial charge in [0.15, 0.2) is 5.96 Å². The molecule has 0 fully saturated rings. The van der Waals surface area contributed by atoms with E-state index in [1.807, 2.05) is 18.2 Å². The number of rotatable bonds is 7. The van der Waals surface area contributed by atoms with Crippen molar-refractivity contribution in [1.29, 1.82) is 0 Å². The van der Waals surface area contributed by atoms with Gasteiger partial charge in [0.05, 0.1) is 12.6 Å². The predicted molar refractivity (Wildman–Crippen MR) is 111 cm³/mol. The number of benzene rings is 1. The monoisotopic (exact) mass is 448 g/mol. The van der Waals surface area contributed by atoms with Crippen molar-refractivity contribution in [3.05, 3.63) is 34.9 Å². The number of likely N-dealkylation sites (N-methyl/N-ethyl adjacent to an activating group) is 1. The molecule has 0 saturated heterocycles. The zero-order chi connectivity index (χ0) is 16.4. The average molecular weight is 449 g/mol. The molecule has 1 atom stereocenters. The minimum Gasteiger partial charge on any atom is -0.354 e. The summed E-state index contributed by atoms with van der Waals surface area (Å²) in [6.45, 7) is 7.35. The van der Waals surface area contributed by atoms with E-state index in [0.717, 1.165) is 23.7 Å². The zero-order valence-corrected chi connectivity index (χ0v) is 17.1. The molecule has 0 aliphatic rings. The SMILES string of the molecule is C#CCNC(=NC)NCC(c1ccccc1Cl)N(CC)CC.I. The first-order chi connectivity index (χ1) is 10.7. The molecule has 6 heteroatoms. The lowest BCUT2D eigenvalue weighted by atomic mass is 10.0. The first kappa shape index (κ1) is 22.0. The molecule has 0 aliphatic carbocycles. The Hall–Kier alpha value is -0.970. The van der Waals surface area contributed by atoms with Crippen LogP contribution in [-0.2, 0) is 0 Å². The van der Waals surface area contributed by atoms with E-state index in [1.165, 1.54) is 0 Å². The van der Waals surface area contributed by atoms with Crippen LogP contribution in [0.4, 0.5) is 0 Å². The second-order valence-corrected chi connectivity index (χ2v) is 5.18. The lowest BCUT2D eigenvalue weighted by Crippen LogP contribution is -2.43. The molecule has 1 aromatic carbocycles. The molecule has 0 heterocycles. The van der Waals surface area contributed by atoms with Gasteiger partial charge in [-0.2, -0.15) is 0 Å². The van der Waals surface area contributed by atoms with Gasteiger partial charge in [0.1, 0.15) is 0 Å². The van der Waals surface area contributed by atoms with Gasteiger partial charge in [0.2, 0.25) is 0 Å². The Kier molecular flexibility index (Phi) is 11.9. The molecule has 23 heavy (non-hydrogen) atoms. The predicted octanol–water partition coefficient (Wildman–Crippen LogP) is 3.14. The van der Waals surface area contributed by atoms with Crippen molar-refractivity contribution in [2.24, 2.45) is 4.99 Å². The van der Waals surface area contributed by atoms with E-state index < -0.39 is 0 Å². The fourth-order valence-corrected chi connectivity index (χ4v) is 2.66. The number of aliphatic imine (C=N–C) groups is 1. The van der Waals surface area contributed by atoms with Crippen molar-refractivity contribution < 1.29 is 0 Å². The van der Waals surface area contributed by atoms with E-state index in [9.17, 15) is 0 Å². The highest BCUT2D eigenvalue weighted by Gasteiger charge is 2.20. The number of hydrogen-bond acceptors (Lipinski definition) is 2. The Morgan fingerprint density at radius 3 is 2.48 bits per heavy atom. The van der Waals surface area contributed by atoms with Crippen LogP contribution in [0.2, 0.25) is 5.02 Å². The summed E-state index contributed by atoms with van der Waals surface area (Å²) in [6.07, 6.45) is 5.27. The van der Waals surface area contributed by atoms with Crippen LogP contribution in [0.25, 0.3) is 0 Å². The van der Waals surface area contributed by atoms with Gasteiger partial charge in [-0.05, 0) is 24.7 Å². The smallest absolute Gasteiger partial charge is 0.191 e. The molecule has 1 aromatic rings. The normalized spacial score (nSPS) is 12.3. The molecular formula is C17H26ClIN4. The van der Waals surface area contributed by atoms with Crippen LogP contribution in [0.15, 0.2) is 29.3 Å². The minimum atomic E-state index is 0. The van der Waals surface area contributed by atoms with Gasteiger partial charge >= 0.3 is 0 Å². The quantitative estimate of drug-likeness (QED) is 0.291. The van der Waals surface area contributed by atoms with Crippen molar-refractivity contribution in [3.8, 4) is 12.3 Å². The highest BCUT2D eigenvalue weighted by Crippen LogP contribution is 2.26. The Morgan fingerprint density at radius 2 is 1.96 bits per heavy atom. The molecule has 0 amide bonds. The Balaban J connectivity index is 0.00000484. The summed E-state index contributed by atoms with van der Waals surface area (Å²) < 4.78 is 0. The van der Waals surface area contributed by atoms with Crippen molar-refractivity contribution >= 4 is 41.5 Å². The standard InChI is InChI=1S/C17H25ClN4.HI/c1-5-12-20-17(19-4)21-13-16(22(6-2)7-3)14-10-8-9-11-15(14)18;/h1,8-11,16H,6-7,12-13H2,2-4H3,(H2,19,20,21);1H. The highest BCUT2D eigenvalue weighted by atomic mass is 127. The van der Waals surface area contributed by atoms with Crippen molar-refractivity contribution in [3.63, 3.8) is 0 Å². The molecule has 0 aliphatic heterocycles. The van der Waals surface area contributed by atoms with E-state index >= 15 is 0 Å². The van der Waals surface area contributed by atoms with Gasteiger partial charge in [0.25, 0.3) is 0 Å². The maximum absolute atomic E-state index is 6.38. The number of hydrogen-bond donors (Lipinski definition) is 2. The summed E-state index contributed by atoms with van der Waals surface area (Å²) >= 11 is 6.38. The van der Waals surface area contributed by atoms with Gasteiger partial charge in [-0.25, -0.2) is 0 Å². The van der Waals surface area contributed by atoms with Crippen molar-refractivity contribution in [2.75, 3.05) is 33.2 Å². The summed E-state index contributed by atoms with van der Waals surface area (Å²) in [7, 11) is 1.73. The topological polar surface area (TPSA) is 39.7 Å². The van der Waals surface area contributed by atoms with Gasteiger partial charge in [-0.3, -0.25) is 9.89 Å².